The first-order valence-electron chi connectivity index (χ1n) is 7.08. The smallest absolute Gasteiger partial charge is 0.0204 e. The minimum Gasteiger partial charge on any atom is -0.316 e. The van der Waals surface area contributed by atoms with Gasteiger partial charge in [-0.25, -0.2) is 0 Å². The summed E-state index contributed by atoms with van der Waals surface area (Å²) in [5.41, 5.74) is 1.76. The molecule has 1 saturated heterocycles. The van der Waals surface area contributed by atoms with Crippen molar-refractivity contribution in [1.82, 2.24) is 10.2 Å². The van der Waals surface area contributed by atoms with E-state index in [2.05, 4.69) is 61.4 Å². The van der Waals surface area contributed by atoms with Crippen molar-refractivity contribution < 1.29 is 0 Å². The zero-order valence-corrected chi connectivity index (χ0v) is 11.9. The predicted octanol–water partition coefficient (Wildman–Crippen LogP) is 2.69. The van der Waals surface area contributed by atoms with Gasteiger partial charge in [0.2, 0.25) is 0 Å². The van der Waals surface area contributed by atoms with E-state index in [1.165, 1.54) is 37.9 Å². The first-order valence-corrected chi connectivity index (χ1v) is 7.08. The highest BCUT2D eigenvalue weighted by Gasteiger charge is 2.32. The molecule has 0 amide bonds. The Labute approximate surface area is 111 Å². The Bertz CT molecular complexity index is 359. The number of aryl methyl sites for hydroxylation is 1. The lowest BCUT2D eigenvalue weighted by molar-refractivity contribution is 0.141. The molecule has 2 rings (SSSR count). The molecular weight excluding hydrogens is 220 g/mol. The number of nitrogens with one attached hydrogen (secondary N) is 1. The van der Waals surface area contributed by atoms with Gasteiger partial charge in [0.15, 0.2) is 0 Å². The van der Waals surface area contributed by atoms with Crippen LogP contribution in [-0.2, 0) is 6.42 Å². The van der Waals surface area contributed by atoms with E-state index in [-0.39, 0.29) is 0 Å². The van der Waals surface area contributed by atoms with E-state index in [0.29, 0.717) is 11.6 Å². The summed E-state index contributed by atoms with van der Waals surface area (Å²) >= 11 is 0. The highest BCUT2D eigenvalue weighted by molar-refractivity contribution is 5.15. The highest BCUT2D eigenvalue weighted by atomic mass is 15.2. The van der Waals surface area contributed by atoms with Crippen molar-refractivity contribution in [1.29, 1.82) is 0 Å². The van der Waals surface area contributed by atoms with Crippen molar-refractivity contribution >= 4 is 0 Å². The van der Waals surface area contributed by atoms with Crippen LogP contribution in [-0.4, -0.2) is 36.6 Å². The van der Waals surface area contributed by atoms with Gasteiger partial charge in [-0.1, -0.05) is 30.3 Å². The average Bonchev–Trinajstić information content (AvgIpc) is 2.87. The lowest BCUT2D eigenvalue weighted by Gasteiger charge is -2.36. The third-order valence-electron chi connectivity index (χ3n) is 4.32. The molecule has 1 atom stereocenters. The van der Waals surface area contributed by atoms with Crippen LogP contribution in [0.25, 0.3) is 0 Å². The van der Waals surface area contributed by atoms with Gasteiger partial charge in [-0.15, -0.1) is 0 Å². The summed E-state index contributed by atoms with van der Waals surface area (Å²) in [6.07, 6.45) is 3.69. The number of benzene rings is 1. The molecule has 18 heavy (non-hydrogen) atoms. The largest absolute Gasteiger partial charge is 0.316 e. The van der Waals surface area contributed by atoms with E-state index >= 15 is 0 Å². The van der Waals surface area contributed by atoms with Crippen LogP contribution in [0.4, 0.5) is 0 Å². The Kier molecular flexibility index (Phi) is 4.41. The second-order valence-corrected chi connectivity index (χ2v) is 6.02. The average molecular weight is 246 g/mol. The zero-order chi connectivity index (χ0) is 13.0. The van der Waals surface area contributed by atoms with Crippen LogP contribution >= 0.6 is 0 Å². The first kappa shape index (κ1) is 13.6. The van der Waals surface area contributed by atoms with Gasteiger partial charge in [0.05, 0.1) is 0 Å². The summed E-state index contributed by atoms with van der Waals surface area (Å²) in [5, 5.41) is 3.40. The van der Waals surface area contributed by atoms with Gasteiger partial charge in [0.1, 0.15) is 0 Å². The molecule has 0 aliphatic carbocycles. The molecule has 1 heterocycles. The van der Waals surface area contributed by atoms with Crippen molar-refractivity contribution in [3.8, 4) is 0 Å². The number of rotatable bonds is 5. The van der Waals surface area contributed by atoms with Crippen LogP contribution < -0.4 is 5.32 Å². The second kappa shape index (κ2) is 5.85. The minimum absolute atomic E-state index is 0.307. The summed E-state index contributed by atoms with van der Waals surface area (Å²) in [6.45, 7) is 7.19. The second-order valence-electron chi connectivity index (χ2n) is 6.02. The van der Waals surface area contributed by atoms with Gasteiger partial charge < -0.3 is 5.32 Å². The van der Waals surface area contributed by atoms with E-state index < -0.39 is 0 Å². The fraction of sp³-hybridized carbons (Fsp3) is 0.625. The first-order chi connectivity index (χ1) is 8.62. The fourth-order valence-electron chi connectivity index (χ4n) is 2.80. The van der Waals surface area contributed by atoms with Gasteiger partial charge in [-0.3, -0.25) is 4.90 Å². The Morgan fingerprint density at radius 2 is 2.00 bits per heavy atom. The van der Waals surface area contributed by atoms with Crippen molar-refractivity contribution in [3.05, 3.63) is 35.9 Å². The number of hydrogen-bond acceptors (Lipinski definition) is 2. The van der Waals surface area contributed by atoms with Crippen LogP contribution in [0.3, 0.4) is 0 Å². The van der Waals surface area contributed by atoms with Crippen LogP contribution in [0.5, 0.6) is 0 Å². The molecular formula is C16H26N2. The summed E-state index contributed by atoms with van der Waals surface area (Å²) in [5.74, 6) is 0. The SMILES string of the molecule is CNC1CCN(C(C)(C)CCc2ccccc2)C1. The number of likely N-dealkylation sites (tertiary alicyclic amines) is 1. The quantitative estimate of drug-likeness (QED) is 0.859. The molecule has 1 aliphatic heterocycles. The molecule has 0 bridgehead atoms. The van der Waals surface area contributed by atoms with Gasteiger partial charge in [0.25, 0.3) is 0 Å². The topological polar surface area (TPSA) is 15.3 Å². The lowest BCUT2D eigenvalue weighted by atomic mass is 9.93. The number of nitrogens with zero attached hydrogens (tertiary/aromatic N) is 1. The van der Waals surface area contributed by atoms with Crippen LogP contribution in [0.15, 0.2) is 30.3 Å². The predicted molar refractivity (Wildman–Crippen MR) is 77.9 cm³/mol. The molecule has 100 valence electrons. The molecule has 2 nitrogen and oxygen atoms in total. The molecule has 0 saturated carbocycles. The van der Waals surface area contributed by atoms with Crippen molar-refractivity contribution in [3.63, 3.8) is 0 Å². The molecule has 0 spiro atoms. The van der Waals surface area contributed by atoms with Crippen LogP contribution in [0, 0.1) is 0 Å². The molecule has 1 aromatic carbocycles. The third-order valence-corrected chi connectivity index (χ3v) is 4.32. The molecule has 2 heteroatoms. The van der Waals surface area contributed by atoms with E-state index in [1.807, 2.05) is 0 Å². The normalized spacial score (nSPS) is 21.4. The number of likely N-dealkylation sites (N-methyl/N-ethyl adjacent to an activating group) is 1. The van der Waals surface area contributed by atoms with E-state index in [9.17, 15) is 0 Å². The molecule has 1 aromatic rings. The molecule has 1 aliphatic rings. The Morgan fingerprint density at radius 3 is 2.61 bits per heavy atom. The molecule has 1 unspecified atom stereocenters. The van der Waals surface area contributed by atoms with E-state index in [0.717, 1.165) is 0 Å². The molecule has 0 aromatic heterocycles. The summed E-state index contributed by atoms with van der Waals surface area (Å²) in [6, 6.07) is 11.5. The van der Waals surface area contributed by atoms with Crippen molar-refractivity contribution in [2.24, 2.45) is 0 Å². The van der Waals surface area contributed by atoms with Crippen LogP contribution in [0.1, 0.15) is 32.3 Å². The lowest BCUT2D eigenvalue weighted by Crippen LogP contribution is -2.44. The van der Waals surface area contributed by atoms with Gasteiger partial charge in [0, 0.05) is 24.7 Å². The maximum atomic E-state index is 3.40. The van der Waals surface area contributed by atoms with Gasteiger partial charge >= 0.3 is 0 Å². The maximum Gasteiger partial charge on any atom is 0.0204 e. The van der Waals surface area contributed by atoms with Gasteiger partial charge in [-0.05, 0) is 45.7 Å². The fourth-order valence-corrected chi connectivity index (χ4v) is 2.80. The summed E-state index contributed by atoms with van der Waals surface area (Å²) in [7, 11) is 2.07. The van der Waals surface area contributed by atoms with Crippen molar-refractivity contribution in [2.45, 2.75) is 44.7 Å². The molecule has 1 N–H and O–H groups in total. The Hall–Kier alpha value is -0.860. The van der Waals surface area contributed by atoms with Crippen molar-refractivity contribution in [2.75, 3.05) is 20.1 Å². The highest BCUT2D eigenvalue weighted by Crippen LogP contribution is 2.25. The summed E-state index contributed by atoms with van der Waals surface area (Å²) in [4.78, 5) is 2.64. The van der Waals surface area contributed by atoms with E-state index in [1.54, 1.807) is 0 Å². The maximum absolute atomic E-state index is 3.40. The summed E-state index contributed by atoms with van der Waals surface area (Å²) < 4.78 is 0. The zero-order valence-electron chi connectivity index (χ0n) is 11.9. The standard InChI is InChI=1S/C16H26N2/c1-16(2,18-12-10-15(13-18)17-3)11-9-14-7-5-4-6-8-14/h4-8,15,17H,9-13H2,1-3H3. The third kappa shape index (κ3) is 3.33. The van der Waals surface area contributed by atoms with Crippen LogP contribution in [0.2, 0.25) is 0 Å². The monoisotopic (exact) mass is 246 g/mol. The molecule has 1 fully saturated rings. The molecule has 0 radical (unpaired) electrons. The Morgan fingerprint density at radius 1 is 1.28 bits per heavy atom. The van der Waals surface area contributed by atoms with E-state index in [4.69, 9.17) is 0 Å². The van der Waals surface area contributed by atoms with Gasteiger partial charge in [-0.2, -0.15) is 0 Å². The Balaban J connectivity index is 1.88. The minimum atomic E-state index is 0.307. The number of hydrogen-bond donors (Lipinski definition) is 1.